The van der Waals surface area contributed by atoms with Gasteiger partial charge in [0.05, 0.1) is 19.4 Å². The van der Waals surface area contributed by atoms with E-state index in [0.717, 1.165) is 36.1 Å². The van der Waals surface area contributed by atoms with Crippen LogP contribution >= 0.6 is 0 Å². The predicted octanol–water partition coefficient (Wildman–Crippen LogP) is 4.56. The lowest BCUT2D eigenvalue weighted by molar-refractivity contribution is -0.118. The Labute approximate surface area is 187 Å². The minimum atomic E-state index is -0.365. The zero-order chi connectivity index (χ0) is 22.5. The second-order valence-corrected chi connectivity index (χ2v) is 7.88. The molecule has 2 aromatic carbocycles. The molecular formula is C26H26N2O4. The van der Waals surface area contributed by atoms with Gasteiger partial charge < -0.3 is 19.8 Å². The van der Waals surface area contributed by atoms with Crippen LogP contribution in [-0.4, -0.2) is 18.9 Å². The van der Waals surface area contributed by atoms with E-state index >= 15 is 0 Å². The average molecular weight is 431 g/mol. The van der Waals surface area contributed by atoms with Crippen molar-refractivity contribution in [2.75, 3.05) is 7.11 Å². The minimum Gasteiger partial charge on any atom is -0.497 e. The van der Waals surface area contributed by atoms with Crippen molar-refractivity contribution in [2.24, 2.45) is 0 Å². The van der Waals surface area contributed by atoms with Crippen LogP contribution in [0.1, 0.15) is 51.7 Å². The maximum absolute atomic E-state index is 13.2. The standard InChI is InChI=1S/C26H26N2O4/c1-17-6-3-8-19(14-17)25(29)28-24(16-21-9-5-13-32-21)26(30)27-23-10-4-7-18-15-20(31-2)11-12-22(18)23/h3,5-6,8-9,11-16,23H,4,7,10H2,1-2H3,(H,27,30)(H,28,29)/b24-16-/t23-/m0/s1. The van der Waals surface area contributed by atoms with Crippen molar-refractivity contribution in [2.45, 2.75) is 32.2 Å². The average Bonchev–Trinajstić information content (AvgIpc) is 3.31. The van der Waals surface area contributed by atoms with Crippen LogP contribution in [0, 0.1) is 6.92 Å². The first-order chi connectivity index (χ1) is 15.5. The van der Waals surface area contributed by atoms with Gasteiger partial charge in [0.1, 0.15) is 17.2 Å². The van der Waals surface area contributed by atoms with Crippen molar-refractivity contribution in [3.8, 4) is 5.75 Å². The highest BCUT2D eigenvalue weighted by Crippen LogP contribution is 2.32. The first-order valence-corrected chi connectivity index (χ1v) is 10.6. The highest BCUT2D eigenvalue weighted by molar-refractivity contribution is 6.05. The summed E-state index contributed by atoms with van der Waals surface area (Å²) in [6.45, 7) is 1.92. The molecule has 164 valence electrons. The fourth-order valence-corrected chi connectivity index (χ4v) is 3.96. The van der Waals surface area contributed by atoms with Gasteiger partial charge in [-0.15, -0.1) is 0 Å². The molecule has 1 aliphatic rings. The molecule has 1 aromatic heterocycles. The van der Waals surface area contributed by atoms with E-state index < -0.39 is 0 Å². The number of hydrogen-bond donors (Lipinski definition) is 2. The number of nitrogens with one attached hydrogen (secondary N) is 2. The molecule has 2 N–H and O–H groups in total. The number of methoxy groups -OCH3 is 1. The van der Waals surface area contributed by atoms with Gasteiger partial charge in [-0.1, -0.05) is 23.8 Å². The minimum absolute atomic E-state index is 0.132. The van der Waals surface area contributed by atoms with Gasteiger partial charge >= 0.3 is 0 Å². The quantitative estimate of drug-likeness (QED) is 0.562. The largest absolute Gasteiger partial charge is 0.497 e. The Balaban J connectivity index is 1.57. The summed E-state index contributed by atoms with van der Waals surface area (Å²) in [7, 11) is 1.65. The molecule has 32 heavy (non-hydrogen) atoms. The van der Waals surface area contributed by atoms with E-state index in [1.54, 1.807) is 37.5 Å². The Kier molecular flexibility index (Phi) is 6.40. The van der Waals surface area contributed by atoms with Crippen molar-refractivity contribution in [1.82, 2.24) is 10.6 Å². The molecule has 0 fully saturated rings. The molecule has 0 saturated carbocycles. The first kappa shape index (κ1) is 21.4. The lowest BCUT2D eigenvalue weighted by Gasteiger charge is -2.27. The first-order valence-electron chi connectivity index (χ1n) is 10.6. The zero-order valence-electron chi connectivity index (χ0n) is 18.2. The molecular weight excluding hydrogens is 404 g/mol. The molecule has 4 rings (SSSR count). The summed E-state index contributed by atoms with van der Waals surface area (Å²) in [6, 6.07) is 16.5. The van der Waals surface area contributed by atoms with Gasteiger partial charge in [-0.25, -0.2) is 0 Å². The number of benzene rings is 2. The maximum atomic E-state index is 13.2. The molecule has 0 saturated heterocycles. The van der Waals surface area contributed by atoms with Gasteiger partial charge in [-0.2, -0.15) is 0 Å². The Hall–Kier alpha value is -3.80. The molecule has 0 spiro atoms. The number of carbonyl (C=O) groups excluding carboxylic acids is 2. The van der Waals surface area contributed by atoms with E-state index in [9.17, 15) is 9.59 Å². The molecule has 6 nitrogen and oxygen atoms in total. The van der Waals surface area contributed by atoms with Crippen molar-refractivity contribution < 1.29 is 18.7 Å². The fraction of sp³-hybridized carbons (Fsp3) is 0.231. The van der Waals surface area contributed by atoms with Gasteiger partial charge in [-0.3, -0.25) is 9.59 Å². The van der Waals surface area contributed by atoms with Crippen LogP contribution < -0.4 is 15.4 Å². The van der Waals surface area contributed by atoms with Gasteiger partial charge in [0.2, 0.25) is 0 Å². The number of rotatable bonds is 6. The molecule has 2 amide bonds. The molecule has 0 unspecified atom stereocenters. The Morgan fingerprint density at radius 3 is 2.75 bits per heavy atom. The Bertz CT molecular complexity index is 1150. The van der Waals surface area contributed by atoms with Gasteiger partial charge in [0, 0.05) is 11.6 Å². The Morgan fingerprint density at radius 1 is 1.12 bits per heavy atom. The van der Waals surface area contributed by atoms with Crippen LogP contribution in [0.4, 0.5) is 0 Å². The van der Waals surface area contributed by atoms with Crippen LogP contribution in [0.5, 0.6) is 5.75 Å². The highest BCUT2D eigenvalue weighted by Gasteiger charge is 2.24. The van der Waals surface area contributed by atoms with E-state index in [1.807, 2.05) is 37.3 Å². The third-order valence-electron chi connectivity index (χ3n) is 5.57. The van der Waals surface area contributed by atoms with Crippen LogP contribution in [0.3, 0.4) is 0 Å². The van der Waals surface area contributed by atoms with E-state index in [0.29, 0.717) is 11.3 Å². The molecule has 3 aromatic rings. The van der Waals surface area contributed by atoms with E-state index in [4.69, 9.17) is 9.15 Å². The SMILES string of the molecule is COc1ccc2c(c1)CCC[C@@H]2NC(=O)/C(=C/c1ccco1)NC(=O)c1cccc(C)c1. The molecule has 0 bridgehead atoms. The van der Waals surface area contributed by atoms with Gasteiger partial charge in [0.25, 0.3) is 11.8 Å². The number of ether oxygens (including phenoxy) is 1. The maximum Gasteiger partial charge on any atom is 0.268 e. The lowest BCUT2D eigenvalue weighted by atomic mass is 9.87. The summed E-state index contributed by atoms with van der Waals surface area (Å²) in [5.41, 5.74) is 3.83. The number of furan rings is 1. The highest BCUT2D eigenvalue weighted by atomic mass is 16.5. The van der Waals surface area contributed by atoms with Crippen LogP contribution in [-0.2, 0) is 11.2 Å². The smallest absolute Gasteiger partial charge is 0.268 e. The number of fused-ring (bicyclic) bond motifs is 1. The molecule has 1 atom stereocenters. The molecule has 0 radical (unpaired) electrons. The number of aryl methyl sites for hydroxylation is 2. The summed E-state index contributed by atoms with van der Waals surface area (Å²) in [4.78, 5) is 26.1. The number of hydrogen-bond acceptors (Lipinski definition) is 4. The summed E-state index contributed by atoms with van der Waals surface area (Å²) in [5, 5.41) is 5.85. The fourth-order valence-electron chi connectivity index (χ4n) is 3.96. The van der Waals surface area contributed by atoms with E-state index in [2.05, 4.69) is 10.6 Å². The second-order valence-electron chi connectivity index (χ2n) is 7.88. The summed E-state index contributed by atoms with van der Waals surface area (Å²) >= 11 is 0. The van der Waals surface area contributed by atoms with Crippen molar-refractivity contribution in [3.63, 3.8) is 0 Å². The molecule has 6 heteroatoms. The van der Waals surface area contributed by atoms with Gasteiger partial charge in [0.15, 0.2) is 0 Å². The predicted molar refractivity (Wildman–Crippen MR) is 122 cm³/mol. The monoisotopic (exact) mass is 430 g/mol. The number of carbonyl (C=O) groups is 2. The lowest BCUT2D eigenvalue weighted by Crippen LogP contribution is -2.37. The van der Waals surface area contributed by atoms with Gasteiger partial charge in [-0.05, 0) is 73.7 Å². The van der Waals surface area contributed by atoms with E-state index in [-0.39, 0.29) is 23.6 Å². The topological polar surface area (TPSA) is 80.6 Å². The van der Waals surface area contributed by atoms with Crippen molar-refractivity contribution in [3.05, 3.63) is 94.6 Å². The second kappa shape index (κ2) is 9.56. The van der Waals surface area contributed by atoms with E-state index in [1.165, 1.54) is 11.8 Å². The summed E-state index contributed by atoms with van der Waals surface area (Å²) < 4.78 is 10.7. The molecule has 1 aliphatic carbocycles. The third-order valence-corrected chi connectivity index (χ3v) is 5.57. The number of amides is 2. The zero-order valence-corrected chi connectivity index (χ0v) is 18.2. The Morgan fingerprint density at radius 2 is 2.00 bits per heavy atom. The van der Waals surface area contributed by atoms with Crippen molar-refractivity contribution in [1.29, 1.82) is 0 Å². The molecule has 1 heterocycles. The van der Waals surface area contributed by atoms with Crippen molar-refractivity contribution >= 4 is 17.9 Å². The summed E-state index contributed by atoms with van der Waals surface area (Å²) in [6.07, 6.45) is 5.79. The molecule has 0 aliphatic heterocycles. The third kappa shape index (κ3) is 4.91. The van der Waals surface area contributed by atoms with Crippen LogP contribution in [0.2, 0.25) is 0 Å². The summed E-state index contributed by atoms with van der Waals surface area (Å²) in [5.74, 6) is 0.569. The normalized spacial score (nSPS) is 15.6. The van der Waals surface area contributed by atoms with Crippen LogP contribution in [0.15, 0.2) is 71.0 Å². The van der Waals surface area contributed by atoms with Crippen LogP contribution in [0.25, 0.3) is 6.08 Å².